The largest absolute Gasteiger partial charge is 0.480 e. The molecule has 1 unspecified atom stereocenters. The molecule has 166 valence electrons. The van der Waals surface area contributed by atoms with E-state index in [2.05, 4.69) is 14.5 Å². The van der Waals surface area contributed by atoms with Crippen molar-refractivity contribution in [3.8, 4) is 0 Å². The number of nitrogens with zero attached hydrogens (tertiary/aromatic N) is 1. The molecular weight excluding hydrogens is 428 g/mol. The molecule has 0 aliphatic carbocycles. The third kappa shape index (κ3) is 6.99. The van der Waals surface area contributed by atoms with E-state index in [-0.39, 0.29) is 18.3 Å². The summed E-state index contributed by atoms with van der Waals surface area (Å²) in [6.07, 6.45) is -3.15. The summed E-state index contributed by atoms with van der Waals surface area (Å²) in [4.78, 5) is 47.0. The normalized spacial score (nSPS) is 18.7. The zero-order chi connectivity index (χ0) is 22.1. The standard InChI is InChI=1S/C13H13NO5.C4H7NO5.ClH/c1-17-12(15)9-10(13(16)18-2)19-11(14-9)8-6-4-3-5-7-8;5-1(3(7)8)2(6)4(9)10;/h3-7,9-10H,1-2H3;1-2,6H,5H2,(H,7,8)(H,9,10);1H/t9-,10-;1-,2?;/m00./s1. The summed E-state index contributed by atoms with van der Waals surface area (Å²) >= 11 is 0. The number of esters is 2. The van der Waals surface area contributed by atoms with Gasteiger partial charge in [0.2, 0.25) is 12.0 Å². The van der Waals surface area contributed by atoms with Crippen molar-refractivity contribution >= 4 is 42.2 Å². The molecule has 0 amide bonds. The number of methoxy groups -OCH3 is 2. The minimum atomic E-state index is -2.04. The van der Waals surface area contributed by atoms with E-state index in [4.69, 9.17) is 25.8 Å². The number of carbonyl (C=O) groups is 4. The Balaban J connectivity index is 0.000000658. The fourth-order valence-corrected chi connectivity index (χ4v) is 2.01. The van der Waals surface area contributed by atoms with Crippen LogP contribution in [0.15, 0.2) is 35.3 Å². The second kappa shape index (κ2) is 12.4. The molecule has 0 spiro atoms. The lowest BCUT2D eigenvalue weighted by atomic mass is 10.2. The Morgan fingerprint density at radius 3 is 1.97 bits per heavy atom. The van der Waals surface area contributed by atoms with E-state index >= 15 is 0 Å². The van der Waals surface area contributed by atoms with Crippen molar-refractivity contribution < 1.29 is 48.7 Å². The summed E-state index contributed by atoms with van der Waals surface area (Å²) in [6, 6.07) is 6.19. The van der Waals surface area contributed by atoms with Crippen LogP contribution in [-0.4, -0.2) is 83.6 Å². The third-order valence-corrected chi connectivity index (χ3v) is 3.56. The molecular formula is C17H21ClN2O10. The first-order chi connectivity index (χ1) is 13.6. The highest BCUT2D eigenvalue weighted by molar-refractivity contribution is 6.01. The smallest absolute Gasteiger partial charge is 0.350 e. The van der Waals surface area contributed by atoms with Crippen LogP contribution in [0.3, 0.4) is 0 Å². The molecule has 1 aromatic rings. The Labute approximate surface area is 176 Å². The molecule has 1 aromatic carbocycles. The molecule has 13 heteroatoms. The van der Waals surface area contributed by atoms with E-state index in [0.29, 0.717) is 5.56 Å². The van der Waals surface area contributed by atoms with Crippen molar-refractivity contribution in [3.05, 3.63) is 35.9 Å². The lowest BCUT2D eigenvalue weighted by Gasteiger charge is -2.13. The molecule has 1 aliphatic rings. The number of aliphatic imine (C=N–C) groups is 1. The summed E-state index contributed by atoms with van der Waals surface area (Å²) in [5, 5.41) is 24.5. The molecule has 5 N–H and O–H groups in total. The van der Waals surface area contributed by atoms with E-state index in [9.17, 15) is 19.2 Å². The number of hydrogen-bond donors (Lipinski definition) is 4. The predicted molar refractivity (Wildman–Crippen MR) is 102 cm³/mol. The molecule has 0 saturated heterocycles. The summed E-state index contributed by atoms with van der Waals surface area (Å²) in [6.45, 7) is 0. The van der Waals surface area contributed by atoms with Gasteiger partial charge in [-0.05, 0) is 12.1 Å². The summed E-state index contributed by atoms with van der Waals surface area (Å²) in [7, 11) is 2.45. The fourth-order valence-electron chi connectivity index (χ4n) is 2.01. The van der Waals surface area contributed by atoms with Gasteiger partial charge in [-0.1, -0.05) is 18.2 Å². The molecule has 2 rings (SSSR count). The monoisotopic (exact) mass is 448 g/mol. The van der Waals surface area contributed by atoms with Gasteiger partial charge >= 0.3 is 23.9 Å². The SMILES string of the molecule is COC(=O)[C@H]1N=C(c2ccccc2)O[C@@H]1C(=O)OC.Cl.N[C@H](C(=O)O)C(O)C(=O)O. The van der Waals surface area contributed by atoms with Gasteiger partial charge in [0.1, 0.15) is 6.04 Å². The second-order valence-electron chi connectivity index (χ2n) is 5.48. The number of hydrogen-bond acceptors (Lipinski definition) is 10. The molecule has 0 saturated carbocycles. The number of ether oxygens (including phenoxy) is 3. The van der Waals surface area contributed by atoms with Crippen LogP contribution in [0.1, 0.15) is 5.56 Å². The molecule has 0 radical (unpaired) electrons. The zero-order valence-electron chi connectivity index (χ0n) is 15.8. The van der Waals surface area contributed by atoms with Crippen LogP contribution in [0, 0.1) is 0 Å². The average molecular weight is 449 g/mol. The number of halogens is 1. The second-order valence-corrected chi connectivity index (χ2v) is 5.48. The molecule has 0 fully saturated rings. The predicted octanol–water partition coefficient (Wildman–Crippen LogP) is -1.19. The van der Waals surface area contributed by atoms with E-state index in [1.54, 1.807) is 24.3 Å². The topological polar surface area (TPSA) is 195 Å². The molecule has 12 nitrogen and oxygen atoms in total. The van der Waals surface area contributed by atoms with Gasteiger partial charge < -0.3 is 35.3 Å². The van der Waals surface area contributed by atoms with Crippen molar-refractivity contribution in [1.82, 2.24) is 0 Å². The highest BCUT2D eigenvalue weighted by Gasteiger charge is 2.43. The summed E-state index contributed by atoms with van der Waals surface area (Å²) in [5.74, 6) is -4.26. The van der Waals surface area contributed by atoms with Crippen molar-refractivity contribution in [2.24, 2.45) is 10.7 Å². The van der Waals surface area contributed by atoms with Crippen LogP contribution in [0.5, 0.6) is 0 Å². The van der Waals surface area contributed by atoms with Crippen LogP contribution >= 0.6 is 12.4 Å². The van der Waals surface area contributed by atoms with Gasteiger partial charge in [0.15, 0.2) is 12.1 Å². The highest BCUT2D eigenvalue weighted by atomic mass is 35.5. The van der Waals surface area contributed by atoms with Crippen molar-refractivity contribution in [3.63, 3.8) is 0 Å². The third-order valence-electron chi connectivity index (χ3n) is 3.56. The van der Waals surface area contributed by atoms with Gasteiger partial charge in [-0.2, -0.15) is 0 Å². The van der Waals surface area contributed by atoms with Gasteiger partial charge in [0.25, 0.3) is 0 Å². The number of nitrogens with two attached hydrogens (primary N) is 1. The Morgan fingerprint density at radius 1 is 1.03 bits per heavy atom. The number of carboxylic acid groups (broad SMARTS) is 2. The van der Waals surface area contributed by atoms with Crippen molar-refractivity contribution in [2.45, 2.75) is 24.3 Å². The van der Waals surface area contributed by atoms with E-state index in [1.807, 2.05) is 6.07 Å². The maximum Gasteiger partial charge on any atom is 0.350 e. The van der Waals surface area contributed by atoms with Gasteiger partial charge in [-0.25, -0.2) is 19.4 Å². The number of benzene rings is 1. The Bertz CT molecular complexity index is 768. The highest BCUT2D eigenvalue weighted by Crippen LogP contribution is 2.20. The number of aliphatic hydroxyl groups excluding tert-OH is 1. The van der Waals surface area contributed by atoms with Gasteiger partial charge in [0.05, 0.1) is 14.2 Å². The number of aliphatic carboxylic acids is 2. The van der Waals surface area contributed by atoms with Crippen molar-refractivity contribution in [2.75, 3.05) is 14.2 Å². The molecule has 4 atom stereocenters. The van der Waals surface area contributed by atoms with Gasteiger partial charge in [-0.15, -0.1) is 12.4 Å². The number of carboxylic acids is 2. The lowest BCUT2D eigenvalue weighted by molar-refractivity contribution is -0.156. The lowest BCUT2D eigenvalue weighted by Crippen LogP contribution is -2.46. The molecule has 1 heterocycles. The van der Waals surface area contributed by atoms with Crippen molar-refractivity contribution in [1.29, 1.82) is 0 Å². The van der Waals surface area contributed by atoms with E-state index < -0.39 is 48.2 Å². The van der Waals surface area contributed by atoms with Crippen LogP contribution in [-0.2, 0) is 33.4 Å². The first kappa shape index (κ1) is 26.8. The Kier molecular flexibility index (Phi) is 11.0. The van der Waals surface area contributed by atoms with Crippen LogP contribution in [0.4, 0.5) is 0 Å². The zero-order valence-corrected chi connectivity index (χ0v) is 16.6. The van der Waals surface area contributed by atoms with Crippen LogP contribution < -0.4 is 5.73 Å². The minimum absolute atomic E-state index is 0. The van der Waals surface area contributed by atoms with Gasteiger partial charge in [-0.3, -0.25) is 4.79 Å². The van der Waals surface area contributed by atoms with E-state index in [1.165, 1.54) is 14.2 Å². The molecule has 0 aromatic heterocycles. The van der Waals surface area contributed by atoms with Crippen LogP contribution in [0.2, 0.25) is 0 Å². The first-order valence-corrected chi connectivity index (χ1v) is 7.98. The Hall–Kier alpha value is -3.22. The molecule has 0 bridgehead atoms. The first-order valence-electron chi connectivity index (χ1n) is 7.98. The number of carbonyl (C=O) groups excluding carboxylic acids is 2. The fraction of sp³-hybridized carbons (Fsp3) is 0.353. The Morgan fingerprint density at radius 2 is 1.57 bits per heavy atom. The molecule has 1 aliphatic heterocycles. The number of aliphatic hydroxyl groups is 1. The van der Waals surface area contributed by atoms with E-state index in [0.717, 1.165) is 0 Å². The summed E-state index contributed by atoms with van der Waals surface area (Å²) in [5.41, 5.74) is 5.41. The maximum atomic E-state index is 11.6. The summed E-state index contributed by atoms with van der Waals surface area (Å²) < 4.78 is 14.6. The maximum absolute atomic E-state index is 11.6. The average Bonchev–Trinajstić information content (AvgIpc) is 3.18. The van der Waals surface area contributed by atoms with Gasteiger partial charge in [0, 0.05) is 5.56 Å². The van der Waals surface area contributed by atoms with Crippen LogP contribution in [0.25, 0.3) is 0 Å². The molecule has 30 heavy (non-hydrogen) atoms. The number of rotatable bonds is 6. The quantitative estimate of drug-likeness (QED) is 0.382. The minimum Gasteiger partial charge on any atom is -0.480 e.